The van der Waals surface area contributed by atoms with Crippen LogP contribution in [0.15, 0.2) is 24.3 Å². The topological polar surface area (TPSA) is 3.24 Å². The van der Waals surface area contributed by atoms with Crippen LogP contribution in [0.25, 0.3) is 0 Å². The Morgan fingerprint density at radius 1 is 1.18 bits per heavy atom. The maximum atomic E-state index is 3.90. The summed E-state index contributed by atoms with van der Waals surface area (Å²) in [6.07, 6.45) is 0. The Labute approximate surface area is 80.6 Å². The monoisotopic (exact) mass is 141 g/mol. The van der Waals surface area contributed by atoms with Crippen molar-refractivity contribution in [2.24, 2.45) is 0 Å². The molecule has 0 aliphatic rings. The fourth-order valence-electron chi connectivity index (χ4n) is 0.947. The molecule has 11 heavy (non-hydrogen) atoms. The normalized spacial score (nSPS) is 8.55. The number of rotatable bonds is 1. The third-order valence-corrected chi connectivity index (χ3v) is 1.47. The minimum absolute atomic E-state index is 0. The SMILES string of the molecule is [CH2-]c1ccccc1N(C)C.[Li+]. The van der Waals surface area contributed by atoms with Gasteiger partial charge in [-0.25, -0.2) is 0 Å². The Bertz CT molecular complexity index is 221. The van der Waals surface area contributed by atoms with E-state index >= 15 is 0 Å². The van der Waals surface area contributed by atoms with E-state index in [1.54, 1.807) is 0 Å². The summed E-state index contributed by atoms with van der Waals surface area (Å²) in [6, 6.07) is 8.08. The van der Waals surface area contributed by atoms with Gasteiger partial charge in [-0.3, -0.25) is 0 Å². The van der Waals surface area contributed by atoms with Crippen molar-refractivity contribution >= 4 is 5.69 Å². The Hall–Kier alpha value is -0.513. The van der Waals surface area contributed by atoms with Gasteiger partial charge in [0.1, 0.15) is 0 Å². The molecule has 1 aromatic rings. The van der Waals surface area contributed by atoms with Crippen molar-refractivity contribution in [1.82, 2.24) is 0 Å². The van der Waals surface area contributed by atoms with E-state index in [1.165, 1.54) is 5.69 Å². The predicted octanol–water partition coefficient (Wildman–Crippen LogP) is -1.06. The zero-order chi connectivity index (χ0) is 7.56. The van der Waals surface area contributed by atoms with Gasteiger partial charge in [-0.15, -0.1) is 6.07 Å². The van der Waals surface area contributed by atoms with Gasteiger partial charge in [0, 0.05) is 0 Å². The summed E-state index contributed by atoms with van der Waals surface area (Å²) in [5, 5.41) is 0. The molecule has 1 nitrogen and oxygen atoms in total. The Kier molecular flexibility index (Phi) is 4.18. The molecule has 0 heterocycles. The standard InChI is InChI=1S/C9H12N.Li/c1-8-6-4-5-7-9(8)10(2)3;/h4-7H,1H2,2-3H3;/q-1;+1. The van der Waals surface area contributed by atoms with Gasteiger partial charge < -0.3 is 4.90 Å². The van der Waals surface area contributed by atoms with Gasteiger partial charge >= 0.3 is 18.9 Å². The van der Waals surface area contributed by atoms with E-state index in [2.05, 4.69) is 17.9 Å². The first-order valence-corrected chi connectivity index (χ1v) is 3.30. The Morgan fingerprint density at radius 2 is 1.73 bits per heavy atom. The molecule has 0 unspecified atom stereocenters. The zero-order valence-electron chi connectivity index (χ0n) is 7.46. The first kappa shape index (κ1) is 10.5. The van der Waals surface area contributed by atoms with Gasteiger partial charge in [0.2, 0.25) is 0 Å². The number of nitrogens with zero attached hydrogens (tertiary/aromatic N) is 1. The molecule has 0 radical (unpaired) electrons. The molecule has 1 aromatic carbocycles. The van der Waals surface area contributed by atoms with E-state index in [0.717, 1.165) is 5.56 Å². The molecule has 0 N–H and O–H groups in total. The van der Waals surface area contributed by atoms with E-state index in [1.807, 2.05) is 32.3 Å². The van der Waals surface area contributed by atoms with Gasteiger partial charge in [0.15, 0.2) is 0 Å². The summed E-state index contributed by atoms with van der Waals surface area (Å²) >= 11 is 0. The maximum Gasteiger partial charge on any atom is 1.00 e. The van der Waals surface area contributed by atoms with E-state index in [9.17, 15) is 0 Å². The molecule has 2 heteroatoms. The van der Waals surface area contributed by atoms with E-state index in [0.29, 0.717) is 0 Å². The summed E-state index contributed by atoms with van der Waals surface area (Å²) < 4.78 is 0. The van der Waals surface area contributed by atoms with Crippen LogP contribution in [0, 0.1) is 6.92 Å². The summed E-state index contributed by atoms with van der Waals surface area (Å²) in [7, 11) is 4.04. The molecule has 0 saturated heterocycles. The van der Waals surface area contributed by atoms with Crippen LogP contribution in [0.5, 0.6) is 0 Å². The summed E-state index contributed by atoms with van der Waals surface area (Å²) in [4.78, 5) is 2.06. The molecule has 0 aliphatic heterocycles. The molecule has 0 fully saturated rings. The van der Waals surface area contributed by atoms with Crippen molar-refractivity contribution in [3.63, 3.8) is 0 Å². The molecule has 0 bridgehead atoms. The summed E-state index contributed by atoms with van der Waals surface area (Å²) in [5.41, 5.74) is 2.26. The Morgan fingerprint density at radius 3 is 2.09 bits per heavy atom. The van der Waals surface area contributed by atoms with Crippen LogP contribution in [0.4, 0.5) is 5.69 Å². The second kappa shape index (κ2) is 4.38. The molecule has 0 atom stereocenters. The molecule has 0 spiro atoms. The van der Waals surface area contributed by atoms with Crippen LogP contribution >= 0.6 is 0 Å². The second-order valence-electron chi connectivity index (χ2n) is 2.52. The minimum Gasteiger partial charge on any atom is -0.428 e. The number of hydrogen-bond acceptors (Lipinski definition) is 1. The van der Waals surface area contributed by atoms with Crippen molar-refractivity contribution in [3.05, 3.63) is 36.8 Å². The van der Waals surface area contributed by atoms with Crippen molar-refractivity contribution in [2.45, 2.75) is 0 Å². The van der Waals surface area contributed by atoms with E-state index in [-0.39, 0.29) is 18.9 Å². The van der Waals surface area contributed by atoms with Gasteiger partial charge in [0.25, 0.3) is 0 Å². The van der Waals surface area contributed by atoms with Gasteiger partial charge in [0.05, 0.1) is 0 Å². The molecule has 0 aliphatic carbocycles. The molecular weight excluding hydrogens is 129 g/mol. The third-order valence-electron chi connectivity index (χ3n) is 1.47. The number of anilines is 1. The molecule has 0 aromatic heterocycles. The van der Waals surface area contributed by atoms with E-state index in [4.69, 9.17) is 0 Å². The van der Waals surface area contributed by atoms with Crippen LogP contribution in [0.1, 0.15) is 5.56 Å². The fourth-order valence-corrected chi connectivity index (χ4v) is 0.947. The van der Waals surface area contributed by atoms with Crippen LogP contribution < -0.4 is 23.8 Å². The van der Waals surface area contributed by atoms with Gasteiger partial charge in [-0.05, 0) is 14.1 Å². The van der Waals surface area contributed by atoms with Crippen LogP contribution in [-0.2, 0) is 0 Å². The number of para-hydroxylation sites is 1. The zero-order valence-corrected chi connectivity index (χ0v) is 7.46. The quantitative estimate of drug-likeness (QED) is 0.356. The largest absolute Gasteiger partial charge is 1.00 e. The molecule has 1 rings (SSSR count). The number of benzene rings is 1. The van der Waals surface area contributed by atoms with E-state index < -0.39 is 0 Å². The Balaban J connectivity index is 0.000001000. The summed E-state index contributed by atoms with van der Waals surface area (Å²) in [5.74, 6) is 0. The van der Waals surface area contributed by atoms with Crippen LogP contribution in [0.3, 0.4) is 0 Å². The third kappa shape index (κ3) is 2.53. The fraction of sp³-hybridized carbons (Fsp3) is 0.222. The molecule has 54 valence electrons. The molecule has 0 saturated carbocycles. The smallest absolute Gasteiger partial charge is 0.428 e. The van der Waals surface area contributed by atoms with Crippen molar-refractivity contribution in [1.29, 1.82) is 0 Å². The molecular formula is C9H12LiN. The first-order chi connectivity index (χ1) is 4.72. The first-order valence-electron chi connectivity index (χ1n) is 3.30. The average molecular weight is 141 g/mol. The number of hydrogen-bond donors (Lipinski definition) is 0. The summed E-state index contributed by atoms with van der Waals surface area (Å²) in [6.45, 7) is 3.90. The van der Waals surface area contributed by atoms with Crippen molar-refractivity contribution in [2.75, 3.05) is 19.0 Å². The van der Waals surface area contributed by atoms with Crippen molar-refractivity contribution in [3.8, 4) is 0 Å². The van der Waals surface area contributed by atoms with Gasteiger partial charge in [-0.1, -0.05) is 17.8 Å². The van der Waals surface area contributed by atoms with Crippen LogP contribution in [0.2, 0.25) is 0 Å². The second-order valence-corrected chi connectivity index (χ2v) is 2.52. The van der Waals surface area contributed by atoms with Crippen molar-refractivity contribution < 1.29 is 18.9 Å². The maximum absolute atomic E-state index is 3.90. The minimum atomic E-state index is 0. The van der Waals surface area contributed by atoms with Crippen LogP contribution in [-0.4, -0.2) is 14.1 Å². The average Bonchev–Trinajstić information content (AvgIpc) is 1.88. The molecule has 0 amide bonds. The van der Waals surface area contributed by atoms with Gasteiger partial charge in [-0.2, -0.15) is 18.6 Å². The predicted molar refractivity (Wildman–Crippen MR) is 45.2 cm³/mol.